The molecule has 12 aromatic carbocycles. The minimum atomic E-state index is -0.822. The molecule has 4 heteroatoms. The zero-order valence-electron chi connectivity index (χ0n) is 42.6. The summed E-state index contributed by atoms with van der Waals surface area (Å²) in [5, 5.41) is 0. The lowest BCUT2D eigenvalue weighted by atomic mass is 9.65. The molecule has 12 aromatic rings. The van der Waals surface area contributed by atoms with Gasteiger partial charge in [-0.15, -0.1) is 0 Å². The van der Waals surface area contributed by atoms with Crippen LogP contribution in [0.25, 0.3) is 0 Å². The summed E-state index contributed by atoms with van der Waals surface area (Å²) in [5.41, 5.74) is 16.6. The van der Waals surface area contributed by atoms with Crippen LogP contribution in [-0.4, -0.2) is 0 Å². The smallest absolute Gasteiger partial charge is 0.0701 e. The second kappa shape index (κ2) is 22.1. The Bertz CT molecular complexity index is 3070. The summed E-state index contributed by atoms with van der Waals surface area (Å²) >= 11 is 0. The van der Waals surface area contributed by atoms with Crippen LogP contribution >= 0.6 is 0 Å². The van der Waals surface area contributed by atoms with Crippen molar-refractivity contribution < 1.29 is 0 Å². The van der Waals surface area contributed by atoms with Crippen molar-refractivity contribution in [3.05, 3.63) is 362 Å². The molecule has 0 spiro atoms. The van der Waals surface area contributed by atoms with E-state index in [1.807, 2.05) is 0 Å². The number of nitrogens with zero attached hydrogens (tertiary/aromatic N) is 4. The molecular formula is C73H56N4. The van der Waals surface area contributed by atoms with Gasteiger partial charge in [-0.25, -0.2) is 0 Å². The molecule has 0 aliphatic heterocycles. The first-order chi connectivity index (χ1) is 38.2. The van der Waals surface area contributed by atoms with Gasteiger partial charge in [0.25, 0.3) is 0 Å². The Morgan fingerprint density at radius 1 is 0.130 bits per heavy atom. The van der Waals surface area contributed by atoms with Gasteiger partial charge in [-0.2, -0.15) is 0 Å². The first-order valence-corrected chi connectivity index (χ1v) is 26.3. The van der Waals surface area contributed by atoms with Crippen LogP contribution in [0, 0.1) is 0 Å². The van der Waals surface area contributed by atoms with Gasteiger partial charge in [0.05, 0.1) is 5.41 Å². The molecule has 0 radical (unpaired) electrons. The van der Waals surface area contributed by atoms with E-state index in [2.05, 4.69) is 359 Å². The van der Waals surface area contributed by atoms with Crippen molar-refractivity contribution in [2.75, 3.05) is 19.6 Å². The molecule has 0 aliphatic carbocycles. The van der Waals surface area contributed by atoms with Gasteiger partial charge < -0.3 is 19.6 Å². The molecule has 0 atom stereocenters. The first kappa shape index (κ1) is 47.8. The van der Waals surface area contributed by atoms with E-state index in [0.29, 0.717) is 0 Å². The Hall–Kier alpha value is -10.2. The van der Waals surface area contributed by atoms with E-state index in [1.165, 1.54) is 0 Å². The van der Waals surface area contributed by atoms with E-state index in [1.54, 1.807) is 0 Å². The van der Waals surface area contributed by atoms with Gasteiger partial charge in [0.2, 0.25) is 0 Å². The molecule has 0 saturated carbocycles. The molecule has 0 unspecified atom stereocenters. The zero-order chi connectivity index (χ0) is 51.6. The summed E-state index contributed by atoms with van der Waals surface area (Å²) in [4.78, 5) is 9.31. The van der Waals surface area contributed by atoms with Crippen molar-refractivity contribution in [3.63, 3.8) is 0 Å². The molecule has 0 bridgehead atoms. The topological polar surface area (TPSA) is 13.0 Å². The summed E-state index contributed by atoms with van der Waals surface area (Å²) in [6.45, 7) is 0. The maximum atomic E-state index is 2.34. The van der Waals surface area contributed by atoms with Gasteiger partial charge in [0.15, 0.2) is 0 Å². The van der Waals surface area contributed by atoms with E-state index in [4.69, 9.17) is 0 Å². The molecule has 0 fully saturated rings. The van der Waals surface area contributed by atoms with Gasteiger partial charge in [0.1, 0.15) is 0 Å². The van der Waals surface area contributed by atoms with Crippen LogP contribution in [-0.2, 0) is 5.41 Å². The maximum absolute atomic E-state index is 2.34. The zero-order valence-corrected chi connectivity index (χ0v) is 42.6. The summed E-state index contributed by atoms with van der Waals surface area (Å²) < 4.78 is 0. The fraction of sp³-hybridized carbons (Fsp3) is 0.0137. The Labute approximate surface area is 452 Å². The lowest BCUT2D eigenvalue weighted by Gasteiger charge is -2.38. The SMILES string of the molecule is c1ccc(N(c2ccccc2)c2ccc(C(c3ccc(N(c4ccccc4)c4ccccc4)cc3)(c3ccc(N(c4ccccc4)c4ccccc4)cc3)c3ccc(N(c4ccccc4)c4ccccc4)cc3)cc2)cc1. The summed E-state index contributed by atoms with van der Waals surface area (Å²) in [7, 11) is 0. The van der Waals surface area contributed by atoms with Gasteiger partial charge in [-0.05, 0) is 168 Å². The number of rotatable bonds is 16. The number of benzene rings is 12. The van der Waals surface area contributed by atoms with E-state index in [0.717, 1.165) is 90.5 Å². The Kier molecular flexibility index (Phi) is 13.7. The van der Waals surface area contributed by atoms with Crippen LogP contribution in [0.15, 0.2) is 340 Å². The fourth-order valence-corrected chi connectivity index (χ4v) is 10.8. The molecule has 0 saturated heterocycles. The highest BCUT2D eigenvalue weighted by molar-refractivity contribution is 5.82. The molecule has 0 amide bonds. The van der Waals surface area contributed by atoms with Crippen molar-refractivity contribution in [2.45, 2.75) is 5.41 Å². The van der Waals surface area contributed by atoms with Crippen LogP contribution < -0.4 is 19.6 Å². The van der Waals surface area contributed by atoms with E-state index < -0.39 is 5.41 Å². The van der Waals surface area contributed by atoms with Crippen molar-refractivity contribution in [1.29, 1.82) is 0 Å². The van der Waals surface area contributed by atoms with Crippen LogP contribution in [0.3, 0.4) is 0 Å². The highest BCUT2D eigenvalue weighted by atomic mass is 15.2. The molecule has 368 valence electrons. The molecule has 0 N–H and O–H groups in total. The first-order valence-electron chi connectivity index (χ1n) is 26.3. The van der Waals surface area contributed by atoms with Gasteiger partial charge in [-0.3, -0.25) is 0 Å². The summed E-state index contributed by atoms with van der Waals surface area (Å²) in [6.07, 6.45) is 0. The second-order valence-corrected chi connectivity index (χ2v) is 19.0. The number of hydrogen-bond donors (Lipinski definition) is 0. The Morgan fingerprint density at radius 3 is 0.377 bits per heavy atom. The highest BCUT2D eigenvalue weighted by Crippen LogP contribution is 2.49. The van der Waals surface area contributed by atoms with Crippen molar-refractivity contribution in [3.8, 4) is 0 Å². The summed E-state index contributed by atoms with van der Waals surface area (Å²) in [6, 6.07) is 122. The van der Waals surface area contributed by atoms with Crippen LogP contribution in [0.5, 0.6) is 0 Å². The molecule has 4 nitrogen and oxygen atoms in total. The average molecular weight is 989 g/mol. The number of hydrogen-bond acceptors (Lipinski definition) is 4. The number of anilines is 12. The molecule has 0 aliphatic rings. The fourth-order valence-electron chi connectivity index (χ4n) is 10.8. The quantitative estimate of drug-likeness (QED) is 0.0895. The van der Waals surface area contributed by atoms with Crippen molar-refractivity contribution >= 4 is 68.2 Å². The molecule has 0 aromatic heterocycles. The molecule has 77 heavy (non-hydrogen) atoms. The average Bonchev–Trinajstić information content (AvgIpc) is 3.51. The van der Waals surface area contributed by atoms with Gasteiger partial charge in [0, 0.05) is 68.2 Å². The lowest BCUT2D eigenvalue weighted by Crippen LogP contribution is -2.31. The number of para-hydroxylation sites is 8. The Balaban J connectivity index is 1.08. The monoisotopic (exact) mass is 988 g/mol. The van der Waals surface area contributed by atoms with Crippen molar-refractivity contribution in [1.82, 2.24) is 0 Å². The molecular weight excluding hydrogens is 933 g/mol. The van der Waals surface area contributed by atoms with E-state index in [9.17, 15) is 0 Å². The van der Waals surface area contributed by atoms with E-state index in [-0.39, 0.29) is 0 Å². The molecule has 0 heterocycles. The predicted molar refractivity (Wildman–Crippen MR) is 323 cm³/mol. The van der Waals surface area contributed by atoms with Crippen molar-refractivity contribution in [2.24, 2.45) is 0 Å². The minimum Gasteiger partial charge on any atom is -0.311 e. The van der Waals surface area contributed by atoms with Gasteiger partial charge in [-0.1, -0.05) is 194 Å². The lowest BCUT2D eigenvalue weighted by molar-refractivity contribution is 0.745. The third-order valence-corrected chi connectivity index (χ3v) is 14.3. The largest absolute Gasteiger partial charge is 0.311 e. The molecule has 12 rings (SSSR count). The van der Waals surface area contributed by atoms with E-state index >= 15 is 0 Å². The van der Waals surface area contributed by atoms with Crippen LogP contribution in [0.1, 0.15) is 22.3 Å². The minimum absolute atomic E-state index is 0.822. The highest BCUT2D eigenvalue weighted by Gasteiger charge is 2.39. The van der Waals surface area contributed by atoms with Crippen LogP contribution in [0.2, 0.25) is 0 Å². The predicted octanol–water partition coefficient (Wildman–Crippen LogP) is 19.9. The Morgan fingerprint density at radius 2 is 0.247 bits per heavy atom. The van der Waals surface area contributed by atoms with Gasteiger partial charge >= 0.3 is 0 Å². The third-order valence-electron chi connectivity index (χ3n) is 14.3. The third kappa shape index (κ3) is 9.76. The summed E-state index contributed by atoms with van der Waals surface area (Å²) in [5.74, 6) is 0. The van der Waals surface area contributed by atoms with Crippen LogP contribution in [0.4, 0.5) is 68.2 Å². The normalized spacial score (nSPS) is 11.1. The maximum Gasteiger partial charge on any atom is 0.0701 e. The second-order valence-electron chi connectivity index (χ2n) is 19.0. The standard InChI is InChI=1S/C73H56N4/c1-9-25-61(26-10-1)74(62-27-11-2-12-28-62)69-49-41-57(42-50-69)73(58-43-51-70(52-44-58)75(63-29-13-3-14-30-63)64-31-15-4-16-32-64,59-45-53-71(54-46-59)76(65-33-17-5-18-34-65)66-35-19-6-20-36-66)60-47-55-72(56-48-60)77(67-37-21-7-22-38-67)68-39-23-8-24-40-68/h1-56H.